The highest BCUT2D eigenvalue weighted by Gasteiger charge is 2.11. The van der Waals surface area contributed by atoms with Crippen molar-refractivity contribution in [3.05, 3.63) is 12.2 Å². The second-order valence-electron chi connectivity index (χ2n) is 6.96. The molecule has 0 aromatic heterocycles. The molecule has 24 heavy (non-hydrogen) atoms. The molecule has 142 valence electrons. The van der Waals surface area contributed by atoms with E-state index in [9.17, 15) is 4.79 Å². The Labute approximate surface area is 150 Å². The SMILES string of the molecule is CCCCCCCC/C=C\CCCCCCCC(=O)C(N)CNC. The van der Waals surface area contributed by atoms with Crippen molar-refractivity contribution in [2.45, 2.75) is 103 Å². The van der Waals surface area contributed by atoms with Crippen LogP contribution in [0, 0.1) is 0 Å². The highest BCUT2D eigenvalue weighted by atomic mass is 16.1. The Morgan fingerprint density at radius 3 is 1.92 bits per heavy atom. The summed E-state index contributed by atoms with van der Waals surface area (Å²) < 4.78 is 0. The zero-order valence-electron chi connectivity index (χ0n) is 16.3. The molecular weight excluding hydrogens is 296 g/mol. The highest BCUT2D eigenvalue weighted by molar-refractivity contribution is 5.83. The van der Waals surface area contributed by atoms with Crippen LogP contribution in [0.1, 0.15) is 96.8 Å². The molecule has 0 saturated heterocycles. The van der Waals surface area contributed by atoms with Gasteiger partial charge in [0.15, 0.2) is 5.78 Å². The molecule has 0 rings (SSSR count). The first kappa shape index (κ1) is 23.3. The average molecular weight is 339 g/mol. The Morgan fingerprint density at radius 1 is 0.875 bits per heavy atom. The Hall–Kier alpha value is -0.670. The van der Waals surface area contributed by atoms with Crippen LogP contribution in [0.3, 0.4) is 0 Å². The number of Topliss-reactive ketones (excluding diaryl/α,β-unsaturated/α-hetero) is 1. The summed E-state index contributed by atoms with van der Waals surface area (Å²) in [6.45, 7) is 2.85. The number of rotatable bonds is 18. The van der Waals surface area contributed by atoms with Crippen LogP contribution < -0.4 is 11.1 Å². The first-order chi connectivity index (χ1) is 11.7. The highest BCUT2D eigenvalue weighted by Crippen LogP contribution is 2.10. The van der Waals surface area contributed by atoms with Crippen molar-refractivity contribution in [1.82, 2.24) is 5.32 Å². The molecule has 3 heteroatoms. The van der Waals surface area contributed by atoms with E-state index < -0.39 is 0 Å². The van der Waals surface area contributed by atoms with Gasteiger partial charge in [-0.25, -0.2) is 0 Å². The van der Waals surface area contributed by atoms with E-state index in [1.807, 2.05) is 7.05 Å². The number of carbonyl (C=O) groups is 1. The predicted molar refractivity (Wildman–Crippen MR) is 106 cm³/mol. The summed E-state index contributed by atoms with van der Waals surface area (Å²) in [6, 6.07) is -0.327. The number of allylic oxidation sites excluding steroid dienone is 2. The normalized spacial score (nSPS) is 12.8. The van der Waals surface area contributed by atoms with Gasteiger partial charge in [0, 0.05) is 13.0 Å². The maximum Gasteiger partial charge on any atom is 0.150 e. The van der Waals surface area contributed by atoms with Gasteiger partial charge in [-0.1, -0.05) is 70.4 Å². The maximum atomic E-state index is 11.7. The van der Waals surface area contributed by atoms with E-state index in [1.165, 1.54) is 70.6 Å². The molecule has 0 bridgehead atoms. The van der Waals surface area contributed by atoms with Gasteiger partial charge in [-0.15, -0.1) is 0 Å². The van der Waals surface area contributed by atoms with Crippen LogP contribution in [0.4, 0.5) is 0 Å². The number of unbranched alkanes of at least 4 members (excludes halogenated alkanes) is 11. The zero-order chi connectivity index (χ0) is 17.9. The van der Waals surface area contributed by atoms with Crippen molar-refractivity contribution in [3.8, 4) is 0 Å². The maximum absolute atomic E-state index is 11.7. The molecule has 3 nitrogen and oxygen atoms in total. The standard InChI is InChI=1S/C21H42N2O/c1-3-4-5-6-7-8-9-10-11-12-13-14-15-16-17-18-21(24)20(22)19-23-2/h10-11,20,23H,3-9,12-19,22H2,1-2H3/b11-10-. The summed E-state index contributed by atoms with van der Waals surface area (Å²) in [7, 11) is 1.83. The summed E-state index contributed by atoms with van der Waals surface area (Å²) in [5, 5.41) is 2.95. The molecule has 0 aliphatic rings. The number of carbonyl (C=O) groups excluding carboxylic acids is 1. The molecule has 3 N–H and O–H groups in total. The molecule has 0 aliphatic heterocycles. The quantitative estimate of drug-likeness (QED) is 0.269. The summed E-state index contributed by atoms with van der Waals surface area (Å²) >= 11 is 0. The molecule has 0 heterocycles. The number of hydrogen-bond acceptors (Lipinski definition) is 3. The Balaban J connectivity index is 3.24. The van der Waals surface area contributed by atoms with E-state index in [1.54, 1.807) is 0 Å². The molecule has 1 atom stereocenters. The topological polar surface area (TPSA) is 55.1 Å². The van der Waals surface area contributed by atoms with Gasteiger partial charge in [-0.2, -0.15) is 0 Å². The molecule has 0 aromatic carbocycles. The van der Waals surface area contributed by atoms with Crippen LogP contribution in [-0.2, 0) is 4.79 Å². The fourth-order valence-corrected chi connectivity index (χ4v) is 2.89. The lowest BCUT2D eigenvalue weighted by Crippen LogP contribution is -2.39. The van der Waals surface area contributed by atoms with Crippen LogP contribution in [-0.4, -0.2) is 25.4 Å². The van der Waals surface area contributed by atoms with Crippen molar-refractivity contribution in [2.24, 2.45) is 5.73 Å². The van der Waals surface area contributed by atoms with Crippen LogP contribution >= 0.6 is 0 Å². The molecule has 0 spiro atoms. The van der Waals surface area contributed by atoms with Gasteiger partial charge in [0.1, 0.15) is 0 Å². The second-order valence-corrected chi connectivity index (χ2v) is 6.96. The van der Waals surface area contributed by atoms with E-state index in [0.717, 1.165) is 12.8 Å². The third kappa shape index (κ3) is 16.2. The van der Waals surface area contributed by atoms with Crippen molar-refractivity contribution < 1.29 is 4.79 Å². The minimum Gasteiger partial charge on any atom is -0.320 e. The van der Waals surface area contributed by atoms with Crippen molar-refractivity contribution in [1.29, 1.82) is 0 Å². The third-order valence-corrected chi connectivity index (χ3v) is 4.52. The van der Waals surface area contributed by atoms with Crippen molar-refractivity contribution in [2.75, 3.05) is 13.6 Å². The summed E-state index contributed by atoms with van der Waals surface area (Å²) in [5.41, 5.74) is 5.77. The Bertz CT molecular complexity index is 302. The van der Waals surface area contributed by atoms with Gasteiger partial charge in [0.25, 0.3) is 0 Å². The van der Waals surface area contributed by atoms with Crippen molar-refractivity contribution >= 4 is 5.78 Å². The minimum atomic E-state index is -0.327. The van der Waals surface area contributed by atoms with E-state index in [0.29, 0.717) is 13.0 Å². The molecule has 0 aliphatic carbocycles. The summed E-state index contributed by atoms with van der Waals surface area (Å²) in [5.74, 6) is 0.196. The molecule has 0 aromatic rings. The fraction of sp³-hybridized carbons (Fsp3) is 0.857. The molecule has 0 amide bonds. The second kappa shape index (κ2) is 18.7. The zero-order valence-corrected chi connectivity index (χ0v) is 16.3. The van der Waals surface area contributed by atoms with Crippen molar-refractivity contribution in [3.63, 3.8) is 0 Å². The summed E-state index contributed by atoms with van der Waals surface area (Å²) in [4.78, 5) is 11.7. The molecule has 0 saturated carbocycles. The first-order valence-electron chi connectivity index (χ1n) is 10.3. The lowest BCUT2D eigenvalue weighted by atomic mass is 10.0. The van der Waals surface area contributed by atoms with Gasteiger partial charge in [-0.05, 0) is 39.2 Å². The molecule has 0 radical (unpaired) electrons. The van der Waals surface area contributed by atoms with E-state index in [-0.39, 0.29) is 11.8 Å². The smallest absolute Gasteiger partial charge is 0.150 e. The number of likely N-dealkylation sites (N-methyl/N-ethyl adjacent to an activating group) is 1. The van der Waals surface area contributed by atoms with Gasteiger partial charge in [0.2, 0.25) is 0 Å². The lowest BCUT2D eigenvalue weighted by Gasteiger charge is -2.09. The Kier molecular flexibility index (Phi) is 18.1. The molecule has 1 unspecified atom stereocenters. The Morgan fingerprint density at radius 2 is 1.38 bits per heavy atom. The van der Waals surface area contributed by atoms with Gasteiger partial charge in [-0.3, -0.25) is 4.79 Å². The van der Waals surface area contributed by atoms with Crippen LogP contribution in [0.2, 0.25) is 0 Å². The number of ketones is 1. The van der Waals surface area contributed by atoms with E-state index in [2.05, 4.69) is 24.4 Å². The number of nitrogens with two attached hydrogens (primary N) is 1. The van der Waals surface area contributed by atoms with Gasteiger partial charge >= 0.3 is 0 Å². The molecule has 0 fully saturated rings. The fourth-order valence-electron chi connectivity index (χ4n) is 2.89. The monoisotopic (exact) mass is 338 g/mol. The first-order valence-corrected chi connectivity index (χ1v) is 10.3. The van der Waals surface area contributed by atoms with E-state index >= 15 is 0 Å². The minimum absolute atomic E-state index is 0.196. The van der Waals surface area contributed by atoms with Crippen LogP contribution in [0.5, 0.6) is 0 Å². The summed E-state index contributed by atoms with van der Waals surface area (Å²) in [6.07, 6.45) is 22.0. The largest absolute Gasteiger partial charge is 0.320 e. The number of hydrogen-bond donors (Lipinski definition) is 2. The third-order valence-electron chi connectivity index (χ3n) is 4.52. The van der Waals surface area contributed by atoms with Gasteiger partial charge < -0.3 is 11.1 Å². The molecular formula is C21H42N2O. The number of nitrogens with one attached hydrogen (secondary N) is 1. The van der Waals surface area contributed by atoms with E-state index in [4.69, 9.17) is 5.73 Å². The van der Waals surface area contributed by atoms with Crippen LogP contribution in [0.25, 0.3) is 0 Å². The van der Waals surface area contributed by atoms with Crippen LogP contribution in [0.15, 0.2) is 12.2 Å². The predicted octanol–water partition coefficient (Wildman–Crippen LogP) is 5.14. The average Bonchev–Trinajstić information content (AvgIpc) is 2.58. The lowest BCUT2D eigenvalue weighted by molar-refractivity contribution is -0.120. The van der Waals surface area contributed by atoms with Gasteiger partial charge in [0.05, 0.1) is 6.04 Å².